The lowest BCUT2D eigenvalue weighted by atomic mass is 9.76. The number of hydrogen-bond acceptors (Lipinski definition) is 20. The zero-order chi connectivity index (χ0) is 42.0. The van der Waals surface area contributed by atoms with E-state index in [1.54, 1.807) is 18.4 Å². The minimum absolute atomic E-state index is 0.0255. The topological polar surface area (TPSA) is 354 Å². The van der Waals surface area contributed by atoms with E-state index < -0.39 is 114 Å². The Bertz CT molecular complexity index is 2230. The Labute approximate surface area is 326 Å². The Morgan fingerprint density at radius 1 is 0.966 bits per heavy atom. The molecule has 312 valence electrons. The summed E-state index contributed by atoms with van der Waals surface area (Å²) in [5, 5.41) is 112. The van der Waals surface area contributed by atoms with Gasteiger partial charge in [0.15, 0.2) is 29.1 Å². The van der Waals surface area contributed by atoms with Crippen molar-refractivity contribution in [2.75, 3.05) is 13.6 Å². The number of carboxylic acids is 1. The Morgan fingerprint density at radius 3 is 2.34 bits per heavy atom. The van der Waals surface area contributed by atoms with E-state index in [4.69, 9.17) is 29.1 Å². The molecule has 58 heavy (non-hydrogen) atoms. The maximum atomic E-state index is 13.8. The number of phenols is 3. The molecule has 13 unspecified atom stereocenters. The number of fused-ring (bicyclic) bond motifs is 2. The molecule has 2 saturated heterocycles. The predicted octanol–water partition coefficient (Wildman–Crippen LogP) is -2.78. The van der Waals surface area contributed by atoms with Crippen LogP contribution in [0.1, 0.15) is 17.9 Å². The number of allylic oxidation sites excluding steroid dienone is 2. The van der Waals surface area contributed by atoms with Crippen molar-refractivity contribution >= 4 is 22.9 Å². The number of aliphatic carboxylic acids is 1. The second-order valence-electron chi connectivity index (χ2n) is 14.4. The van der Waals surface area contributed by atoms with Crippen LogP contribution in [0.15, 0.2) is 63.5 Å². The number of nitrogens with one attached hydrogen (secondary N) is 2. The smallest absolute Gasteiger partial charge is 0.340 e. The number of aromatic hydroxyl groups is 3. The zero-order valence-electron chi connectivity index (χ0n) is 30.3. The number of aliphatic hydroxyl groups is 6. The summed E-state index contributed by atoms with van der Waals surface area (Å²) in [6.07, 6.45) is -15.8. The van der Waals surface area contributed by atoms with Crippen LogP contribution in [0.2, 0.25) is 0 Å². The molecule has 3 aromatic rings. The van der Waals surface area contributed by atoms with Gasteiger partial charge < -0.3 is 90.8 Å². The fourth-order valence-corrected chi connectivity index (χ4v) is 7.74. The summed E-state index contributed by atoms with van der Waals surface area (Å²) in [7, 11) is 1.53. The fourth-order valence-electron chi connectivity index (χ4n) is 7.74. The number of dihydropyridines is 1. The van der Waals surface area contributed by atoms with Crippen molar-refractivity contribution in [2.24, 2.45) is 11.7 Å². The largest absolute Gasteiger partial charge is 0.507 e. The van der Waals surface area contributed by atoms with E-state index in [0.29, 0.717) is 5.57 Å². The van der Waals surface area contributed by atoms with Crippen LogP contribution in [-0.4, -0.2) is 144 Å². The van der Waals surface area contributed by atoms with Crippen molar-refractivity contribution in [1.82, 2.24) is 10.6 Å². The van der Waals surface area contributed by atoms with Crippen molar-refractivity contribution in [1.29, 1.82) is 0 Å². The second kappa shape index (κ2) is 15.4. The maximum absolute atomic E-state index is 13.8. The van der Waals surface area contributed by atoms with Gasteiger partial charge in [-0.2, -0.15) is 0 Å². The maximum Gasteiger partial charge on any atom is 0.340 e. The average molecular weight is 816 g/mol. The van der Waals surface area contributed by atoms with Crippen LogP contribution >= 0.6 is 0 Å². The molecule has 21 nitrogen and oxygen atoms in total. The lowest BCUT2D eigenvalue weighted by Gasteiger charge is -2.50. The molecule has 1 spiro atoms. The molecule has 5 heterocycles. The second-order valence-corrected chi connectivity index (χ2v) is 14.4. The Hall–Kier alpha value is -5.33. The van der Waals surface area contributed by atoms with Crippen LogP contribution in [0.25, 0.3) is 22.3 Å². The highest BCUT2D eigenvalue weighted by molar-refractivity contribution is 5.89. The van der Waals surface area contributed by atoms with Crippen molar-refractivity contribution in [3.63, 3.8) is 0 Å². The molecule has 1 aromatic heterocycles. The minimum Gasteiger partial charge on any atom is -0.507 e. The average Bonchev–Trinajstić information content (AvgIpc) is 3.31. The first-order valence-electron chi connectivity index (χ1n) is 17.9. The highest BCUT2D eigenvalue weighted by Gasteiger charge is 2.63. The molecule has 21 heteroatoms. The van der Waals surface area contributed by atoms with E-state index in [9.17, 15) is 65.4 Å². The summed E-state index contributed by atoms with van der Waals surface area (Å²) < 4.78 is 28.9. The molecular weight excluding hydrogens is 774 g/mol. The SMILES string of the molecule is CNCC1CC(C2=CNC(N)C=C2)c2c(cc3oc(-c4ccc(O)c(O)c4)cc(=O)c3c2O)OC12OC(C(=O)OC1OC(C(=O)O)C(O)C(O)C1O)C(O)C(O)C2O. The number of benzene rings is 2. The van der Waals surface area contributed by atoms with Gasteiger partial charge in [0.25, 0.3) is 0 Å². The van der Waals surface area contributed by atoms with Gasteiger partial charge in [-0.25, -0.2) is 9.59 Å². The minimum atomic E-state index is -2.54. The number of carbonyl (C=O) groups is 2. The molecule has 0 aliphatic carbocycles. The highest BCUT2D eigenvalue weighted by Crippen LogP contribution is 2.53. The van der Waals surface area contributed by atoms with Crippen molar-refractivity contribution in [3.8, 4) is 34.3 Å². The number of carbonyl (C=O) groups excluding carboxylic acids is 1. The third kappa shape index (κ3) is 6.89. The van der Waals surface area contributed by atoms with Gasteiger partial charge >= 0.3 is 11.9 Å². The van der Waals surface area contributed by atoms with Crippen LogP contribution in [0, 0.1) is 5.92 Å². The summed E-state index contributed by atoms with van der Waals surface area (Å²) in [5.41, 5.74) is 5.61. The lowest BCUT2D eigenvalue weighted by molar-refractivity contribution is -0.352. The summed E-state index contributed by atoms with van der Waals surface area (Å²) in [5.74, 6) is -9.94. The molecule has 0 amide bonds. The van der Waals surface area contributed by atoms with Gasteiger partial charge in [0.2, 0.25) is 12.1 Å². The molecule has 14 N–H and O–H groups in total. The monoisotopic (exact) mass is 815 g/mol. The molecule has 7 rings (SSSR count). The number of carboxylic acid groups (broad SMARTS) is 1. The Balaban J connectivity index is 1.36. The van der Waals surface area contributed by atoms with Crippen LogP contribution in [0.5, 0.6) is 23.0 Å². The zero-order valence-corrected chi connectivity index (χ0v) is 30.3. The van der Waals surface area contributed by atoms with Crippen molar-refractivity contribution in [2.45, 2.75) is 79.4 Å². The van der Waals surface area contributed by atoms with E-state index in [2.05, 4.69) is 10.6 Å². The van der Waals surface area contributed by atoms with Gasteiger partial charge in [-0.3, -0.25) is 4.79 Å². The molecule has 4 aliphatic rings. The molecule has 2 aromatic carbocycles. The van der Waals surface area contributed by atoms with E-state index >= 15 is 0 Å². The van der Waals surface area contributed by atoms with Crippen LogP contribution < -0.4 is 26.5 Å². The fraction of sp³-hybridized carbons (Fsp3) is 0.432. The molecule has 0 radical (unpaired) electrons. The van der Waals surface area contributed by atoms with Crippen LogP contribution in [-0.2, 0) is 23.8 Å². The number of rotatable bonds is 7. The summed E-state index contributed by atoms with van der Waals surface area (Å²) in [6.45, 7) is -0.100. The lowest BCUT2D eigenvalue weighted by Crippen LogP contribution is -2.71. The molecular formula is C37H41N3O18. The first-order valence-corrected chi connectivity index (χ1v) is 17.9. The first kappa shape index (κ1) is 40.9. The molecule has 4 aliphatic heterocycles. The summed E-state index contributed by atoms with van der Waals surface area (Å²) >= 11 is 0. The van der Waals surface area contributed by atoms with Crippen molar-refractivity contribution < 1.29 is 84.0 Å². The van der Waals surface area contributed by atoms with Crippen molar-refractivity contribution in [3.05, 3.63) is 70.0 Å². The molecule has 13 atom stereocenters. The number of phenolic OH excluding ortho intramolecular Hbond substituents is 3. The number of aliphatic hydroxyl groups excluding tert-OH is 6. The number of hydrogen-bond donors (Lipinski definition) is 13. The molecule has 2 fully saturated rings. The standard InChI is InChI=1S/C37H41N3O18/c1-39-11-14-7-15(13-3-5-22(38)40-10-13)23-21(9-20-24(25(23)44)18(43)8-19(54-20)12-2-4-16(41)17(42)6-12)57-37(14)33(50)29(48)28(47)32(58-37)35(53)56-36-30(49)26(45)27(46)31(55-36)34(51)52/h2-6,8-10,14-15,22,26-33,36,39-42,44-50H,7,11,38H2,1H3,(H,51,52). The van der Waals surface area contributed by atoms with Gasteiger partial charge in [-0.15, -0.1) is 0 Å². The first-order chi connectivity index (χ1) is 27.5. The number of ether oxygens (including phenoxy) is 4. The molecule has 0 saturated carbocycles. The van der Waals surface area contributed by atoms with Crippen LogP contribution in [0.4, 0.5) is 0 Å². The van der Waals surface area contributed by atoms with Gasteiger partial charge in [-0.1, -0.05) is 6.08 Å². The quantitative estimate of drug-likeness (QED) is 0.0847. The highest BCUT2D eigenvalue weighted by atomic mass is 16.8. The summed E-state index contributed by atoms with van der Waals surface area (Å²) in [6, 6.07) is 5.91. The van der Waals surface area contributed by atoms with Gasteiger partial charge in [0, 0.05) is 47.8 Å². The van der Waals surface area contributed by atoms with E-state index in [1.165, 1.54) is 19.2 Å². The third-order valence-corrected chi connectivity index (χ3v) is 10.7. The van der Waals surface area contributed by atoms with E-state index in [0.717, 1.165) is 18.2 Å². The predicted molar refractivity (Wildman–Crippen MR) is 193 cm³/mol. The molecule has 0 bridgehead atoms. The van der Waals surface area contributed by atoms with Gasteiger partial charge in [-0.05, 0) is 43.3 Å². The van der Waals surface area contributed by atoms with Crippen LogP contribution in [0.3, 0.4) is 0 Å². The Kier molecular flexibility index (Phi) is 10.9. The normalized spacial score (nSPS) is 34.7. The van der Waals surface area contributed by atoms with E-state index in [1.807, 2.05) is 0 Å². The van der Waals surface area contributed by atoms with Gasteiger partial charge in [0.05, 0.1) is 6.17 Å². The van der Waals surface area contributed by atoms with Gasteiger partial charge in [0.1, 0.15) is 64.9 Å². The third-order valence-electron chi connectivity index (χ3n) is 10.7. The van der Waals surface area contributed by atoms with E-state index in [-0.39, 0.29) is 46.6 Å². The number of nitrogens with two attached hydrogens (primary N) is 1. The number of esters is 1. The Morgan fingerprint density at radius 2 is 1.69 bits per heavy atom. The summed E-state index contributed by atoms with van der Waals surface area (Å²) in [4.78, 5) is 39.2.